The molecule has 144 valence electrons. The van der Waals surface area contributed by atoms with Gasteiger partial charge in [-0.1, -0.05) is 48.5 Å². The van der Waals surface area contributed by atoms with Gasteiger partial charge in [-0.2, -0.15) is 0 Å². The van der Waals surface area contributed by atoms with Crippen LogP contribution in [-0.4, -0.2) is 20.9 Å². The molecule has 0 aliphatic heterocycles. The number of fused-ring (bicyclic) bond motifs is 1. The number of benzene rings is 2. The number of pyridine rings is 2. The largest absolute Gasteiger partial charge is 0.322 e. The van der Waals surface area contributed by atoms with E-state index in [4.69, 9.17) is 0 Å². The number of amides is 2. The zero-order valence-corrected chi connectivity index (χ0v) is 16.2. The zero-order valence-electron chi connectivity index (χ0n) is 16.2. The number of urea groups is 1. The molecule has 0 unspecified atom stereocenters. The van der Waals surface area contributed by atoms with Crippen molar-refractivity contribution in [2.24, 2.45) is 0 Å². The molecule has 0 atom stereocenters. The van der Waals surface area contributed by atoms with Crippen LogP contribution in [0.25, 0.3) is 10.9 Å². The molecule has 4 rings (SSSR count). The van der Waals surface area contributed by atoms with Gasteiger partial charge in [-0.25, -0.2) is 4.79 Å². The van der Waals surface area contributed by atoms with Crippen LogP contribution >= 0.6 is 0 Å². The van der Waals surface area contributed by atoms with Gasteiger partial charge in [0.25, 0.3) is 0 Å². The molecule has 5 nitrogen and oxygen atoms in total. The van der Waals surface area contributed by atoms with Crippen LogP contribution in [0.1, 0.15) is 16.7 Å². The highest BCUT2D eigenvalue weighted by molar-refractivity contribution is 5.99. The first-order valence-corrected chi connectivity index (χ1v) is 9.54. The normalized spacial score (nSPS) is 10.7. The molecular weight excluding hydrogens is 360 g/mol. The van der Waals surface area contributed by atoms with Crippen molar-refractivity contribution in [1.82, 2.24) is 14.9 Å². The van der Waals surface area contributed by atoms with Crippen molar-refractivity contribution in [2.75, 3.05) is 5.32 Å². The second-order valence-electron chi connectivity index (χ2n) is 6.95. The van der Waals surface area contributed by atoms with Crippen LogP contribution < -0.4 is 5.32 Å². The van der Waals surface area contributed by atoms with Gasteiger partial charge in [0, 0.05) is 37.1 Å². The molecule has 0 radical (unpaired) electrons. The molecule has 1 N–H and O–H groups in total. The molecule has 0 spiro atoms. The Morgan fingerprint density at radius 2 is 1.76 bits per heavy atom. The van der Waals surface area contributed by atoms with Crippen molar-refractivity contribution in [3.05, 3.63) is 102 Å². The Morgan fingerprint density at radius 3 is 2.59 bits per heavy atom. The minimum Gasteiger partial charge on any atom is -0.316 e. The summed E-state index contributed by atoms with van der Waals surface area (Å²) >= 11 is 0. The second kappa shape index (κ2) is 8.52. The molecule has 5 heteroatoms. The van der Waals surface area contributed by atoms with E-state index in [1.54, 1.807) is 23.5 Å². The van der Waals surface area contributed by atoms with Gasteiger partial charge in [-0.05, 0) is 41.8 Å². The van der Waals surface area contributed by atoms with E-state index in [0.29, 0.717) is 18.8 Å². The van der Waals surface area contributed by atoms with Crippen LogP contribution in [-0.2, 0) is 13.1 Å². The molecule has 0 bridgehead atoms. The smallest absolute Gasteiger partial charge is 0.316 e. The van der Waals surface area contributed by atoms with E-state index in [-0.39, 0.29) is 6.03 Å². The number of nitrogens with one attached hydrogen (secondary N) is 1. The van der Waals surface area contributed by atoms with Crippen molar-refractivity contribution < 1.29 is 4.79 Å². The summed E-state index contributed by atoms with van der Waals surface area (Å²) in [4.78, 5) is 23.6. The molecule has 0 saturated heterocycles. The Balaban J connectivity index is 1.62. The lowest BCUT2D eigenvalue weighted by Gasteiger charge is -2.24. The summed E-state index contributed by atoms with van der Waals surface area (Å²) in [7, 11) is 0. The van der Waals surface area contributed by atoms with Crippen LogP contribution in [0.3, 0.4) is 0 Å². The molecule has 29 heavy (non-hydrogen) atoms. The Labute approximate surface area is 170 Å². The zero-order chi connectivity index (χ0) is 20.1. The maximum atomic E-state index is 13.2. The van der Waals surface area contributed by atoms with Crippen LogP contribution in [0, 0.1) is 6.92 Å². The molecule has 0 aliphatic rings. The van der Waals surface area contributed by atoms with Crippen molar-refractivity contribution in [2.45, 2.75) is 20.0 Å². The number of nitrogens with zero attached hydrogens (tertiary/aromatic N) is 3. The van der Waals surface area contributed by atoms with Gasteiger partial charge in [0.05, 0.1) is 11.2 Å². The van der Waals surface area contributed by atoms with Gasteiger partial charge in [-0.15, -0.1) is 0 Å². The van der Waals surface area contributed by atoms with Gasteiger partial charge in [0.1, 0.15) is 0 Å². The maximum Gasteiger partial charge on any atom is 0.322 e. The summed E-state index contributed by atoms with van der Waals surface area (Å²) in [6.45, 7) is 3.03. The van der Waals surface area contributed by atoms with Crippen LogP contribution in [0.4, 0.5) is 10.5 Å². The monoisotopic (exact) mass is 382 g/mol. The summed E-state index contributed by atoms with van der Waals surface area (Å²) in [5.41, 5.74) is 4.73. The molecule has 2 heterocycles. The van der Waals surface area contributed by atoms with Gasteiger partial charge < -0.3 is 10.2 Å². The summed E-state index contributed by atoms with van der Waals surface area (Å²) in [5.74, 6) is 0. The third-order valence-electron chi connectivity index (χ3n) is 4.88. The summed E-state index contributed by atoms with van der Waals surface area (Å²) in [6.07, 6.45) is 5.26. The summed E-state index contributed by atoms with van der Waals surface area (Å²) < 4.78 is 0. The maximum absolute atomic E-state index is 13.2. The van der Waals surface area contributed by atoms with Crippen LogP contribution in [0.2, 0.25) is 0 Å². The highest BCUT2D eigenvalue weighted by Gasteiger charge is 2.17. The highest BCUT2D eigenvalue weighted by atomic mass is 16.2. The van der Waals surface area contributed by atoms with Crippen molar-refractivity contribution in [3.8, 4) is 0 Å². The highest BCUT2D eigenvalue weighted by Crippen LogP contribution is 2.22. The standard InChI is InChI=1S/C24H22N4O/c1-18-7-2-3-9-21(18)17-28(16-19-8-5-13-25-15-19)24(29)27-22-12-4-10-20-11-6-14-26-23(20)22/h2-15H,16-17H2,1H3,(H,27,29). The number of aromatic nitrogens is 2. The van der Waals surface area contributed by atoms with E-state index in [1.165, 1.54) is 0 Å². The van der Waals surface area contributed by atoms with E-state index in [0.717, 1.165) is 27.6 Å². The van der Waals surface area contributed by atoms with Gasteiger partial charge >= 0.3 is 6.03 Å². The van der Waals surface area contributed by atoms with E-state index >= 15 is 0 Å². The lowest BCUT2D eigenvalue weighted by atomic mass is 10.1. The van der Waals surface area contributed by atoms with Gasteiger partial charge in [0.2, 0.25) is 0 Å². The first-order chi connectivity index (χ1) is 14.2. The molecule has 0 fully saturated rings. The Kier molecular flexibility index (Phi) is 5.47. The molecule has 2 aromatic carbocycles. The number of aryl methyl sites for hydroxylation is 1. The summed E-state index contributed by atoms with van der Waals surface area (Å²) in [5, 5.41) is 4.04. The minimum atomic E-state index is -0.171. The van der Waals surface area contributed by atoms with Gasteiger partial charge in [0.15, 0.2) is 0 Å². The lowest BCUT2D eigenvalue weighted by molar-refractivity contribution is 0.206. The Hall–Kier alpha value is -3.73. The van der Waals surface area contributed by atoms with E-state index < -0.39 is 0 Å². The molecule has 2 aromatic heterocycles. The topological polar surface area (TPSA) is 58.1 Å². The predicted molar refractivity (Wildman–Crippen MR) is 115 cm³/mol. The fraction of sp³-hybridized carbons (Fsp3) is 0.125. The molecule has 4 aromatic rings. The van der Waals surface area contributed by atoms with Crippen LogP contribution in [0.15, 0.2) is 85.3 Å². The predicted octanol–water partition coefficient (Wildman–Crippen LogP) is 5.17. The lowest BCUT2D eigenvalue weighted by Crippen LogP contribution is -2.34. The number of hydrogen-bond acceptors (Lipinski definition) is 3. The Morgan fingerprint density at radius 1 is 0.931 bits per heavy atom. The molecule has 0 aliphatic carbocycles. The fourth-order valence-corrected chi connectivity index (χ4v) is 3.30. The second-order valence-corrected chi connectivity index (χ2v) is 6.95. The van der Waals surface area contributed by atoms with E-state index in [2.05, 4.69) is 34.3 Å². The number of carbonyl (C=O) groups excluding carboxylic acids is 1. The third kappa shape index (κ3) is 4.41. The SMILES string of the molecule is Cc1ccccc1CN(Cc1cccnc1)C(=O)Nc1cccc2cccnc12. The number of carbonyl (C=O) groups is 1. The fourth-order valence-electron chi connectivity index (χ4n) is 3.30. The minimum absolute atomic E-state index is 0.171. The molecule has 2 amide bonds. The van der Waals surface area contributed by atoms with Crippen LogP contribution in [0.5, 0.6) is 0 Å². The van der Waals surface area contributed by atoms with Crippen molar-refractivity contribution >= 4 is 22.6 Å². The first kappa shape index (κ1) is 18.6. The van der Waals surface area contributed by atoms with Gasteiger partial charge in [-0.3, -0.25) is 9.97 Å². The average Bonchev–Trinajstić information content (AvgIpc) is 2.76. The Bertz CT molecular complexity index is 1120. The number of anilines is 1. The number of rotatable bonds is 5. The average molecular weight is 382 g/mol. The van der Waals surface area contributed by atoms with E-state index in [9.17, 15) is 4.79 Å². The third-order valence-corrected chi connectivity index (χ3v) is 4.88. The quantitative estimate of drug-likeness (QED) is 0.518. The molecule has 0 saturated carbocycles. The number of para-hydroxylation sites is 1. The van der Waals surface area contributed by atoms with Crippen molar-refractivity contribution in [3.63, 3.8) is 0 Å². The number of hydrogen-bond donors (Lipinski definition) is 1. The first-order valence-electron chi connectivity index (χ1n) is 9.54. The molecular formula is C24H22N4O. The summed E-state index contributed by atoms with van der Waals surface area (Å²) in [6, 6.07) is 21.5. The van der Waals surface area contributed by atoms with E-state index in [1.807, 2.05) is 54.6 Å². The van der Waals surface area contributed by atoms with Crippen molar-refractivity contribution in [1.29, 1.82) is 0 Å².